The molecular weight excluding hydrogens is 364 g/mol. The molecule has 1 aromatic heterocycles. The summed E-state index contributed by atoms with van der Waals surface area (Å²) in [5.74, 6) is 0. The molecule has 1 saturated heterocycles. The van der Waals surface area contributed by atoms with Crippen molar-refractivity contribution in [2.45, 2.75) is 32.2 Å². The van der Waals surface area contributed by atoms with Crippen molar-refractivity contribution < 1.29 is 0 Å². The van der Waals surface area contributed by atoms with Crippen molar-refractivity contribution >= 4 is 33.9 Å². The lowest BCUT2D eigenvalue weighted by atomic mass is 10.0. The summed E-state index contributed by atoms with van der Waals surface area (Å²) in [6.07, 6.45) is 5.51. The summed E-state index contributed by atoms with van der Waals surface area (Å²) in [6.45, 7) is 5.44. The lowest BCUT2D eigenvalue weighted by molar-refractivity contribution is 0.209. The number of piperidine rings is 1. The maximum Gasteiger partial charge on any atom is 0.170 e. The number of H-pyrrole nitrogens is 1. The van der Waals surface area contributed by atoms with Gasteiger partial charge < -0.3 is 20.5 Å². The van der Waals surface area contributed by atoms with Gasteiger partial charge in [-0.2, -0.15) is 0 Å². The molecule has 3 N–H and O–H groups in total. The fourth-order valence-electron chi connectivity index (χ4n) is 3.99. The van der Waals surface area contributed by atoms with Gasteiger partial charge in [0.1, 0.15) is 0 Å². The lowest BCUT2D eigenvalue weighted by Gasteiger charge is -2.33. The molecule has 0 bridgehead atoms. The van der Waals surface area contributed by atoms with Gasteiger partial charge >= 0.3 is 0 Å². The molecule has 1 aliphatic rings. The Morgan fingerprint density at radius 1 is 1.14 bits per heavy atom. The molecule has 28 heavy (non-hydrogen) atoms. The molecule has 1 aliphatic heterocycles. The van der Waals surface area contributed by atoms with Crippen LogP contribution in [0, 0.1) is 6.92 Å². The van der Waals surface area contributed by atoms with Crippen LogP contribution in [0.25, 0.3) is 10.9 Å². The molecule has 0 unspecified atom stereocenters. The Hall–Kier alpha value is -2.37. The van der Waals surface area contributed by atoms with Crippen LogP contribution < -0.4 is 10.6 Å². The summed E-state index contributed by atoms with van der Waals surface area (Å²) in [7, 11) is 0. The van der Waals surface area contributed by atoms with Crippen molar-refractivity contribution in [1.29, 1.82) is 0 Å². The number of aromatic amines is 1. The van der Waals surface area contributed by atoms with Crippen LogP contribution in [-0.4, -0.2) is 40.7 Å². The summed E-state index contributed by atoms with van der Waals surface area (Å²) in [6, 6.07) is 17.3. The highest BCUT2D eigenvalue weighted by molar-refractivity contribution is 7.80. The Labute approximate surface area is 172 Å². The summed E-state index contributed by atoms with van der Waals surface area (Å²) < 4.78 is 0. The van der Waals surface area contributed by atoms with Crippen LogP contribution in [0.2, 0.25) is 0 Å². The smallest absolute Gasteiger partial charge is 0.170 e. The van der Waals surface area contributed by atoms with Crippen molar-refractivity contribution in [3.63, 3.8) is 0 Å². The second kappa shape index (κ2) is 8.76. The van der Waals surface area contributed by atoms with E-state index in [1.807, 2.05) is 12.1 Å². The van der Waals surface area contributed by atoms with E-state index in [2.05, 4.69) is 70.0 Å². The molecule has 5 heteroatoms. The van der Waals surface area contributed by atoms with E-state index >= 15 is 0 Å². The van der Waals surface area contributed by atoms with Crippen LogP contribution in [0.15, 0.2) is 54.7 Å². The predicted octanol–water partition coefficient (Wildman–Crippen LogP) is 4.47. The highest BCUT2D eigenvalue weighted by Crippen LogP contribution is 2.19. The molecule has 3 aromatic rings. The quantitative estimate of drug-likeness (QED) is 0.561. The van der Waals surface area contributed by atoms with Gasteiger partial charge in [-0.05, 0) is 67.7 Å². The maximum atomic E-state index is 5.50. The van der Waals surface area contributed by atoms with Gasteiger partial charge in [-0.15, -0.1) is 0 Å². The van der Waals surface area contributed by atoms with Crippen molar-refractivity contribution in [1.82, 2.24) is 15.2 Å². The number of nitrogens with one attached hydrogen (secondary N) is 3. The van der Waals surface area contributed by atoms with Crippen molar-refractivity contribution in [3.8, 4) is 0 Å². The second-order valence-corrected chi connectivity index (χ2v) is 8.10. The molecule has 0 aliphatic carbocycles. The molecule has 2 heterocycles. The molecule has 0 spiro atoms. The van der Waals surface area contributed by atoms with Crippen LogP contribution in [0.4, 0.5) is 5.69 Å². The molecule has 1 fully saturated rings. The lowest BCUT2D eigenvalue weighted by Crippen LogP contribution is -2.46. The van der Waals surface area contributed by atoms with E-state index in [0.717, 1.165) is 49.7 Å². The third kappa shape index (κ3) is 4.72. The normalized spacial score (nSPS) is 15.6. The Morgan fingerprint density at radius 2 is 1.96 bits per heavy atom. The van der Waals surface area contributed by atoms with Crippen LogP contribution in [0.5, 0.6) is 0 Å². The minimum atomic E-state index is 0.453. The SMILES string of the molecule is Cc1cccc(NC(=S)NC2CCN(CCc3c[nH]c4ccccc34)CC2)c1. The number of rotatable bonds is 5. The number of para-hydroxylation sites is 1. The zero-order valence-corrected chi connectivity index (χ0v) is 17.2. The van der Waals surface area contributed by atoms with Crippen LogP contribution in [-0.2, 0) is 6.42 Å². The second-order valence-electron chi connectivity index (χ2n) is 7.69. The molecule has 4 rings (SSSR count). The Kier molecular flexibility index (Phi) is 5.93. The maximum absolute atomic E-state index is 5.50. The molecule has 0 amide bonds. The molecule has 0 radical (unpaired) electrons. The minimum Gasteiger partial charge on any atom is -0.361 e. The van der Waals surface area contributed by atoms with Crippen LogP contribution >= 0.6 is 12.2 Å². The number of likely N-dealkylation sites (tertiary alicyclic amines) is 1. The minimum absolute atomic E-state index is 0.453. The Morgan fingerprint density at radius 3 is 2.79 bits per heavy atom. The van der Waals surface area contributed by atoms with Gasteiger partial charge in [0, 0.05) is 48.5 Å². The highest BCUT2D eigenvalue weighted by Gasteiger charge is 2.19. The number of fused-ring (bicyclic) bond motifs is 1. The van der Waals surface area contributed by atoms with Crippen molar-refractivity contribution in [2.75, 3.05) is 25.0 Å². The van der Waals surface area contributed by atoms with Gasteiger partial charge in [-0.25, -0.2) is 0 Å². The van der Waals surface area contributed by atoms with Gasteiger partial charge in [0.05, 0.1) is 0 Å². The number of benzene rings is 2. The zero-order chi connectivity index (χ0) is 19.3. The fourth-order valence-corrected chi connectivity index (χ4v) is 4.28. The van der Waals surface area contributed by atoms with Gasteiger partial charge in [-0.3, -0.25) is 0 Å². The average molecular weight is 393 g/mol. The van der Waals surface area contributed by atoms with Gasteiger partial charge in [0.25, 0.3) is 0 Å². The zero-order valence-electron chi connectivity index (χ0n) is 16.4. The number of aryl methyl sites for hydroxylation is 1. The van der Waals surface area contributed by atoms with Crippen LogP contribution in [0.1, 0.15) is 24.0 Å². The van der Waals surface area contributed by atoms with E-state index in [9.17, 15) is 0 Å². The van der Waals surface area contributed by atoms with E-state index in [-0.39, 0.29) is 0 Å². The molecule has 0 saturated carbocycles. The van der Waals surface area contributed by atoms with E-state index in [0.29, 0.717) is 6.04 Å². The summed E-state index contributed by atoms with van der Waals surface area (Å²) in [5.41, 5.74) is 4.93. The van der Waals surface area contributed by atoms with Crippen molar-refractivity contribution in [2.24, 2.45) is 0 Å². The monoisotopic (exact) mass is 392 g/mol. The highest BCUT2D eigenvalue weighted by atomic mass is 32.1. The Balaban J connectivity index is 1.22. The third-order valence-corrected chi connectivity index (χ3v) is 5.79. The predicted molar refractivity (Wildman–Crippen MR) is 122 cm³/mol. The van der Waals surface area contributed by atoms with E-state index in [1.54, 1.807) is 0 Å². The van der Waals surface area contributed by atoms with Crippen molar-refractivity contribution in [3.05, 3.63) is 65.9 Å². The standard InChI is InChI=1S/C23H28N4S/c1-17-5-4-6-20(15-17)26-23(28)25-19-10-13-27(14-11-19)12-9-18-16-24-22-8-3-2-7-21(18)22/h2-8,15-16,19,24H,9-14H2,1H3,(H2,25,26,28). The third-order valence-electron chi connectivity index (χ3n) is 5.57. The first-order valence-corrected chi connectivity index (χ1v) is 10.5. The average Bonchev–Trinajstić information content (AvgIpc) is 3.11. The van der Waals surface area contributed by atoms with Gasteiger partial charge in [-0.1, -0.05) is 30.3 Å². The number of hydrogen-bond donors (Lipinski definition) is 3. The topological polar surface area (TPSA) is 43.1 Å². The first-order chi connectivity index (χ1) is 13.7. The number of thiocarbonyl (C=S) groups is 1. The number of nitrogens with zero attached hydrogens (tertiary/aromatic N) is 1. The number of aromatic nitrogens is 1. The van der Waals surface area contributed by atoms with E-state index in [4.69, 9.17) is 12.2 Å². The molecule has 0 atom stereocenters. The summed E-state index contributed by atoms with van der Waals surface area (Å²) in [4.78, 5) is 5.94. The van der Waals surface area contributed by atoms with Crippen LogP contribution in [0.3, 0.4) is 0 Å². The fraction of sp³-hybridized carbons (Fsp3) is 0.348. The molecule has 146 valence electrons. The number of anilines is 1. The first kappa shape index (κ1) is 19.0. The van der Waals surface area contributed by atoms with E-state index in [1.165, 1.54) is 22.0 Å². The molecular formula is C23H28N4S. The largest absolute Gasteiger partial charge is 0.361 e. The number of hydrogen-bond acceptors (Lipinski definition) is 2. The van der Waals surface area contributed by atoms with Gasteiger partial charge in [0.15, 0.2) is 5.11 Å². The van der Waals surface area contributed by atoms with Gasteiger partial charge in [0.2, 0.25) is 0 Å². The summed E-state index contributed by atoms with van der Waals surface area (Å²) in [5, 5.41) is 8.87. The molecule has 2 aromatic carbocycles. The first-order valence-electron chi connectivity index (χ1n) is 10.1. The molecule has 4 nitrogen and oxygen atoms in total. The Bertz CT molecular complexity index is 940. The van der Waals surface area contributed by atoms with E-state index < -0.39 is 0 Å². The summed E-state index contributed by atoms with van der Waals surface area (Å²) >= 11 is 5.50.